The summed E-state index contributed by atoms with van der Waals surface area (Å²) in [7, 11) is 0. The Kier molecular flexibility index (Phi) is 5.99. The van der Waals surface area contributed by atoms with Crippen molar-refractivity contribution in [2.24, 2.45) is 0 Å². The lowest BCUT2D eigenvalue weighted by atomic mass is 10.1. The van der Waals surface area contributed by atoms with E-state index >= 15 is 0 Å². The fourth-order valence-corrected chi connectivity index (χ4v) is 3.81. The molecule has 1 aliphatic heterocycles. The minimum atomic E-state index is -0.164. The normalized spacial score (nSPS) is 13.9. The van der Waals surface area contributed by atoms with Crippen LogP contribution < -0.4 is 4.74 Å². The molecule has 8 nitrogen and oxygen atoms in total. The average Bonchev–Trinajstić information content (AvgIpc) is 3.23. The predicted octanol–water partition coefficient (Wildman–Crippen LogP) is 2.42. The van der Waals surface area contributed by atoms with Crippen LogP contribution >= 0.6 is 11.3 Å². The second-order valence-corrected chi connectivity index (χ2v) is 7.91. The van der Waals surface area contributed by atoms with Crippen LogP contribution in [0.4, 0.5) is 0 Å². The molecule has 0 radical (unpaired) electrons. The van der Waals surface area contributed by atoms with Crippen LogP contribution in [-0.4, -0.2) is 62.7 Å². The lowest BCUT2D eigenvalue weighted by molar-refractivity contribution is 0.0532. The van der Waals surface area contributed by atoms with E-state index in [1.807, 2.05) is 24.4 Å². The number of rotatable bonds is 5. The van der Waals surface area contributed by atoms with E-state index in [0.29, 0.717) is 49.8 Å². The van der Waals surface area contributed by atoms with Crippen molar-refractivity contribution in [2.75, 3.05) is 26.2 Å². The number of carbonyl (C=O) groups excluding carboxylic acids is 2. The fourth-order valence-electron chi connectivity index (χ4n) is 3.22. The van der Waals surface area contributed by atoms with E-state index in [9.17, 15) is 9.59 Å². The number of benzene rings is 1. The van der Waals surface area contributed by atoms with Crippen LogP contribution in [0.3, 0.4) is 0 Å². The zero-order valence-corrected chi connectivity index (χ0v) is 17.3. The monoisotopic (exact) mass is 423 g/mol. The molecule has 0 saturated carbocycles. The van der Waals surface area contributed by atoms with Crippen molar-refractivity contribution in [1.29, 1.82) is 0 Å². The van der Waals surface area contributed by atoms with Crippen molar-refractivity contribution in [3.63, 3.8) is 0 Å². The summed E-state index contributed by atoms with van der Waals surface area (Å²) >= 11 is 1.58. The van der Waals surface area contributed by atoms with Crippen LogP contribution in [0.5, 0.6) is 5.75 Å². The number of aryl methyl sites for hydroxylation is 1. The molecule has 0 unspecified atom stereocenters. The molecule has 2 amide bonds. The number of hydrogen-bond donors (Lipinski definition) is 0. The molecule has 0 atom stereocenters. The second-order valence-electron chi connectivity index (χ2n) is 6.85. The number of hydrogen-bond acceptors (Lipinski definition) is 7. The second kappa shape index (κ2) is 9.00. The van der Waals surface area contributed by atoms with Gasteiger partial charge in [-0.05, 0) is 25.1 Å². The van der Waals surface area contributed by atoms with Crippen molar-refractivity contribution in [2.45, 2.75) is 13.5 Å². The summed E-state index contributed by atoms with van der Waals surface area (Å²) in [4.78, 5) is 41.2. The average molecular weight is 423 g/mol. The van der Waals surface area contributed by atoms with Crippen molar-refractivity contribution in [3.8, 4) is 5.75 Å². The topological polar surface area (TPSA) is 88.5 Å². The van der Waals surface area contributed by atoms with Gasteiger partial charge in [0.1, 0.15) is 18.1 Å². The van der Waals surface area contributed by atoms with Gasteiger partial charge in [-0.25, -0.2) is 9.97 Å². The SMILES string of the molecule is Cc1nc(COc2cccc(C(=O)N3CCN(C(=O)c4cnccn4)CC3)c2)cs1. The van der Waals surface area contributed by atoms with Crippen molar-refractivity contribution in [1.82, 2.24) is 24.8 Å². The van der Waals surface area contributed by atoms with Gasteiger partial charge in [0.25, 0.3) is 11.8 Å². The molecule has 0 aliphatic carbocycles. The fraction of sp³-hybridized carbons (Fsp3) is 0.286. The maximum Gasteiger partial charge on any atom is 0.274 e. The summed E-state index contributed by atoms with van der Waals surface area (Å²) in [5.41, 5.74) is 1.76. The van der Waals surface area contributed by atoms with Crippen molar-refractivity contribution in [3.05, 3.63) is 70.2 Å². The molecule has 30 heavy (non-hydrogen) atoms. The minimum absolute atomic E-state index is 0.0726. The number of nitrogens with zero attached hydrogens (tertiary/aromatic N) is 5. The van der Waals surface area contributed by atoms with Gasteiger partial charge in [0.2, 0.25) is 0 Å². The maximum absolute atomic E-state index is 12.9. The highest BCUT2D eigenvalue weighted by atomic mass is 32.1. The first-order valence-corrected chi connectivity index (χ1v) is 10.5. The summed E-state index contributed by atoms with van der Waals surface area (Å²) < 4.78 is 5.79. The standard InChI is InChI=1S/C21H21N5O3S/c1-15-24-17(14-30-15)13-29-18-4-2-3-16(11-18)20(27)25-7-9-26(10-8-25)21(28)19-12-22-5-6-23-19/h2-6,11-12,14H,7-10,13H2,1H3. The van der Waals surface area contributed by atoms with E-state index in [0.717, 1.165) is 10.7 Å². The van der Waals surface area contributed by atoms with Gasteiger partial charge < -0.3 is 14.5 Å². The third kappa shape index (κ3) is 4.62. The molecule has 0 N–H and O–H groups in total. The maximum atomic E-state index is 12.9. The summed E-state index contributed by atoms with van der Waals surface area (Å²) in [5.74, 6) is 0.391. The first-order valence-electron chi connectivity index (χ1n) is 9.58. The summed E-state index contributed by atoms with van der Waals surface area (Å²) in [6, 6.07) is 7.16. The Hall–Kier alpha value is -3.33. The van der Waals surface area contributed by atoms with Crippen molar-refractivity contribution < 1.29 is 14.3 Å². The molecule has 0 bridgehead atoms. The molecule has 0 spiro atoms. The number of ether oxygens (including phenoxy) is 1. The van der Waals surface area contributed by atoms with Crippen LogP contribution in [0.1, 0.15) is 31.5 Å². The van der Waals surface area contributed by atoms with Gasteiger partial charge in [-0.1, -0.05) is 6.07 Å². The number of aromatic nitrogens is 3. The highest BCUT2D eigenvalue weighted by Crippen LogP contribution is 2.18. The summed E-state index contributed by atoms with van der Waals surface area (Å²) in [5, 5.41) is 2.96. The van der Waals surface area contributed by atoms with Crippen LogP contribution in [0, 0.1) is 6.92 Å². The van der Waals surface area contributed by atoms with Gasteiger partial charge in [-0.3, -0.25) is 14.6 Å². The number of amides is 2. The van der Waals surface area contributed by atoms with Crippen LogP contribution in [0.15, 0.2) is 48.2 Å². The van der Waals surface area contributed by atoms with E-state index in [4.69, 9.17) is 4.74 Å². The van der Waals surface area contributed by atoms with Gasteiger partial charge in [0, 0.05) is 49.5 Å². The molecule has 3 aromatic rings. The molecule has 2 aromatic heterocycles. The molecule has 9 heteroatoms. The Morgan fingerprint density at radius 2 is 1.87 bits per heavy atom. The number of piperazine rings is 1. The van der Waals surface area contributed by atoms with Gasteiger partial charge >= 0.3 is 0 Å². The highest BCUT2D eigenvalue weighted by molar-refractivity contribution is 7.09. The van der Waals surface area contributed by atoms with Gasteiger partial charge in [-0.15, -0.1) is 11.3 Å². The largest absolute Gasteiger partial charge is 0.487 e. The molecule has 1 fully saturated rings. The Labute approximate surface area is 178 Å². The van der Waals surface area contributed by atoms with E-state index in [2.05, 4.69) is 15.0 Å². The highest BCUT2D eigenvalue weighted by Gasteiger charge is 2.26. The lowest BCUT2D eigenvalue weighted by Crippen LogP contribution is -2.50. The van der Waals surface area contributed by atoms with Gasteiger partial charge in [0.05, 0.1) is 16.9 Å². The smallest absolute Gasteiger partial charge is 0.274 e. The van der Waals surface area contributed by atoms with E-state index in [1.165, 1.54) is 18.6 Å². The Balaban J connectivity index is 1.34. The van der Waals surface area contributed by atoms with E-state index in [-0.39, 0.29) is 11.8 Å². The number of thiazole rings is 1. The molecule has 3 heterocycles. The molecular formula is C21H21N5O3S. The molecule has 1 aliphatic rings. The molecule has 4 rings (SSSR count). The van der Waals surface area contributed by atoms with Crippen LogP contribution in [0.2, 0.25) is 0 Å². The quantitative estimate of drug-likeness (QED) is 0.626. The minimum Gasteiger partial charge on any atom is -0.487 e. The third-order valence-electron chi connectivity index (χ3n) is 4.77. The zero-order valence-electron chi connectivity index (χ0n) is 16.5. The summed E-state index contributed by atoms with van der Waals surface area (Å²) in [6.45, 7) is 4.17. The van der Waals surface area contributed by atoms with Crippen LogP contribution in [-0.2, 0) is 6.61 Å². The lowest BCUT2D eigenvalue weighted by Gasteiger charge is -2.34. The Bertz CT molecular complexity index is 1030. The molecule has 1 saturated heterocycles. The zero-order chi connectivity index (χ0) is 20.9. The molecule has 1 aromatic carbocycles. The predicted molar refractivity (Wildman–Crippen MR) is 111 cm³/mol. The first kappa shape index (κ1) is 20.0. The van der Waals surface area contributed by atoms with Gasteiger partial charge in [-0.2, -0.15) is 0 Å². The molecule has 154 valence electrons. The van der Waals surface area contributed by atoms with Gasteiger partial charge in [0.15, 0.2) is 0 Å². The van der Waals surface area contributed by atoms with Crippen LogP contribution in [0.25, 0.3) is 0 Å². The first-order chi connectivity index (χ1) is 14.6. The third-order valence-corrected chi connectivity index (χ3v) is 5.59. The molecular weight excluding hydrogens is 402 g/mol. The Morgan fingerprint density at radius 1 is 1.10 bits per heavy atom. The van der Waals surface area contributed by atoms with Crippen molar-refractivity contribution >= 4 is 23.2 Å². The Morgan fingerprint density at radius 3 is 2.53 bits per heavy atom. The van der Waals surface area contributed by atoms with E-state index in [1.54, 1.807) is 33.3 Å². The van der Waals surface area contributed by atoms with E-state index < -0.39 is 0 Å². The summed E-state index contributed by atoms with van der Waals surface area (Å²) in [6.07, 6.45) is 4.49. The number of carbonyl (C=O) groups is 2.